The largest absolute Gasteiger partial charge is 0.346 e. The molecule has 0 radical (unpaired) electrons. The van der Waals surface area contributed by atoms with E-state index in [2.05, 4.69) is 15.6 Å². The Morgan fingerprint density at radius 2 is 1.87 bits per heavy atom. The lowest BCUT2D eigenvalue weighted by Crippen LogP contribution is -2.46. The first-order chi connectivity index (χ1) is 14.6. The Hall–Kier alpha value is -2.54. The minimum Gasteiger partial charge on any atom is -0.346 e. The molecule has 0 aliphatic heterocycles. The Labute approximate surface area is 181 Å². The van der Waals surface area contributed by atoms with Crippen molar-refractivity contribution in [2.75, 3.05) is 5.32 Å². The molecule has 1 fully saturated rings. The Kier molecular flexibility index (Phi) is 8.56. The van der Waals surface area contributed by atoms with Gasteiger partial charge in [-0.2, -0.15) is 0 Å². The zero-order valence-corrected chi connectivity index (χ0v) is 18.0. The van der Waals surface area contributed by atoms with Crippen LogP contribution in [0.5, 0.6) is 0 Å². The van der Waals surface area contributed by atoms with Crippen LogP contribution in [0.4, 0.5) is 5.13 Å². The number of nitrogens with one attached hydrogen (secondary N) is 2. The average Bonchev–Trinajstić information content (AvgIpc) is 3.29. The minimum atomic E-state index is -0.843. The first-order valence-corrected chi connectivity index (χ1v) is 11.6. The summed E-state index contributed by atoms with van der Waals surface area (Å²) in [6.07, 6.45) is 9.90. The van der Waals surface area contributed by atoms with Crippen molar-refractivity contribution < 1.29 is 14.4 Å². The predicted molar refractivity (Wildman–Crippen MR) is 118 cm³/mol. The molecule has 7 heteroatoms. The van der Waals surface area contributed by atoms with Gasteiger partial charge < -0.3 is 5.32 Å². The second-order valence-corrected chi connectivity index (χ2v) is 8.74. The number of hydrogen-bond acceptors (Lipinski definition) is 5. The van der Waals surface area contributed by atoms with Gasteiger partial charge in [0.15, 0.2) is 5.13 Å². The van der Waals surface area contributed by atoms with Crippen LogP contribution in [0.3, 0.4) is 0 Å². The standard InChI is InChI=1S/C23H29N3O3S/c27-20(14-12-18-9-5-2-6-10-18)25-19(13-11-17-7-3-1-4-8-17)21(28)22(29)26-23-24-15-16-30-23/h1,3-4,7-8,15-16,18-19H,2,5-6,9-14H2,(H,25,27)(H,24,26,29). The summed E-state index contributed by atoms with van der Waals surface area (Å²) in [7, 11) is 0. The Balaban J connectivity index is 1.57. The molecule has 0 spiro atoms. The molecule has 1 aromatic heterocycles. The van der Waals surface area contributed by atoms with Gasteiger partial charge in [-0.15, -0.1) is 11.3 Å². The second kappa shape index (κ2) is 11.6. The van der Waals surface area contributed by atoms with E-state index in [1.807, 2.05) is 30.3 Å². The number of amides is 2. The molecule has 1 heterocycles. The topological polar surface area (TPSA) is 88.2 Å². The normalized spacial score (nSPS) is 15.3. The van der Waals surface area contributed by atoms with Gasteiger partial charge >= 0.3 is 0 Å². The number of anilines is 1. The third kappa shape index (κ3) is 7.06. The Morgan fingerprint density at radius 1 is 1.10 bits per heavy atom. The summed E-state index contributed by atoms with van der Waals surface area (Å²) in [5.41, 5.74) is 1.06. The number of ketones is 1. The zero-order chi connectivity index (χ0) is 21.2. The number of aryl methyl sites for hydroxylation is 1. The van der Waals surface area contributed by atoms with Gasteiger partial charge in [0, 0.05) is 18.0 Å². The number of thiazole rings is 1. The molecule has 1 unspecified atom stereocenters. The lowest BCUT2D eigenvalue weighted by Gasteiger charge is -2.22. The molecule has 30 heavy (non-hydrogen) atoms. The van der Waals surface area contributed by atoms with E-state index in [1.54, 1.807) is 11.6 Å². The molecule has 6 nitrogen and oxygen atoms in total. The monoisotopic (exact) mass is 427 g/mol. The van der Waals surface area contributed by atoms with E-state index in [1.165, 1.54) is 43.4 Å². The van der Waals surface area contributed by atoms with Crippen molar-refractivity contribution in [3.05, 3.63) is 47.5 Å². The van der Waals surface area contributed by atoms with Crippen LogP contribution in [0.2, 0.25) is 0 Å². The average molecular weight is 428 g/mol. The van der Waals surface area contributed by atoms with E-state index in [0.717, 1.165) is 12.0 Å². The van der Waals surface area contributed by atoms with Crippen LogP contribution in [0.15, 0.2) is 41.9 Å². The van der Waals surface area contributed by atoms with Gasteiger partial charge in [0.2, 0.25) is 11.7 Å². The third-order valence-corrected chi connectivity index (χ3v) is 6.29. The molecule has 1 aromatic carbocycles. The Morgan fingerprint density at radius 3 is 2.57 bits per heavy atom. The van der Waals surface area contributed by atoms with Gasteiger partial charge in [-0.3, -0.25) is 19.7 Å². The van der Waals surface area contributed by atoms with E-state index >= 15 is 0 Å². The highest BCUT2D eigenvalue weighted by atomic mass is 32.1. The summed E-state index contributed by atoms with van der Waals surface area (Å²) in [5, 5.41) is 7.44. The molecule has 1 aliphatic carbocycles. The summed E-state index contributed by atoms with van der Waals surface area (Å²) in [6, 6.07) is 8.91. The molecular formula is C23H29N3O3S. The summed E-state index contributed by atoms with van der Waals surface area (Å²) in [6.45, 7) is 0. The maximum Gasteiger partial charge on any atom is 0.295 e. The van der Waals surface area contributed by atoms with Gasteiger partial charge in [-0.1, -0.05) is 62.4 Å². The maximum absolute atomic E-state index is 12.8. The lowest BCUT2D eigenvalue weighted by molar-refractivity contribution is -0.137. The number of rotatable bonds is 10. The van der Waals surface area contributed by atoms with Gasteiger partial charge in [0.1, 0.15) is 0 Å². The maximum atomic E-state index is 12.8. The predicted octanol–water partition coefficient (Wildman–Crippen LogP) is 4.13. The fourth-order valence-electron chi connectivity index (χ4n) is 3.90. The van der Waals surface area contributed by atoms with Crippen LogP contribution in [-0.4, -0.2) is 28.6 Å². The number of carbonyl (C=O) groups excluding carboxylic acids is 3. The summed E-state index contributed by atoms with van der Waals surface area (Å²) in [5.74, 6) is -0.937. The number of carbonyl (C=O) groups is 3. The highest BCUT2D eigenvalue weighted by molar-refractivity contribution is 7.13. The van der Waals surface area contributed by atoms with Crippen LogP contribution < -0.4 is 10.6 Å². The quantitative estimate of drug-likeness (QED) is 0.558. The summed E-state index contributed by atoms with van der Waals surface area (Å²) in [4.78, 5) is 41.7. The first kappa shape index (κ1) is 22.2. The molecular weight excluding hydrogens is 398 g/mol. The highest BCUT2D eigenvalue weighted by Gasteiger charge is 2.27. The Bertz CT molecular complexity index is 817. The van der Waals surface area contributed by atoms with Gasteiger partial charge in [0.25, 0.3) is 5.91 Å². The minimum absolute atomic E-state index is 0.158. The van der Waals surface area contributed by atoms with Crippen molar-refractivity contribution in [2.24, 2.45) is 5.92 Å². The van der Waals surface area contributed by atoms with Crippen molar-refractivity contribution >= 4 is 34.1 Å². The van der Waals surface area contributed by atoms with E-state index in [4.69, 9.17) is 0 Å². The molecule has 0 saturated heterocycles. The van der Waals surface area contributed by atoms with Crippen molar-refractivity contribution in [1.29, 1.82) is 0 Å². The smallest absolute Gasteiger partial charge is 0.295 e. The second-order valence-electron chi connectivity index (χ2n) is 7.84. The molecule has 2 N–H and O–H groups in total. The lowest BCUT2D eigenvalue weighted by atomic mass is 9.86. The molecule has 1 atom stereocenters. The first-order valence-electron chi connectivity index (χ1n) is 10.7. The fourth-order valence-corrected chi connectivity index (χ4v) is 4.43. The highest BCUT2D eigenvalue weighted by Crippen LogP contribution is 2.27. The van der Waals surface area contributed by atoms with Crippen LogP contribution in [0, 0.1) is 5.92 Å². The molecule has 1 saturated carbocycles. The molecule has 2 aromatic rings. The van der Waals surface area contributed by atoms with Gasteiger partial charge in [0.05, 0.1) is 6.04 Å². The molecule has 160 valence electrons. The zero-order valence-electron chi connectivity index (χ0n) is 17.1. The molecule has 1 aliphatic rings. The number of nitrogens with zero attached hydrogens (tertiary/aromatic N) is 1. The van der Waals surface area contributed by atoms with Gasteiger partial charge in [-0.05, 0) is 30.7 Å². The van der Waals surface area contributed by atoms with Crippen molar-refractivity contribution in [2.45, 2.75) is 63.8 Å². The van der Waals surface area contributed by atoms with Crippen LogP contribution in [-0.2, 0) is 20.8 Å². The number of Topliss-reactive ketones (excluding diaryl/α,β-unsaturated/α-hetero) is 1. The van der Waals surface area contributed by atoms with E-state index in [0.29, 0.717) is 30.3 Å². The van der Waals surface area contributed by atoms with Gasteiger partial charge in [-0.25, -0.2) is 4.98 Å². The third-order valence-electron chi connectivity index (χ3n) is 5.60. The molecule has 3 rings (SSSR count). The van der Waals surface area contributed by atoms with E-state index in [-0.39, 0.29) is 5.91 Å². The van der Waals surface area contributed by atoms with E-state index in [9.17, 15) is 14.4 Å². The van der Waals surface area contributed by atoms with Crippen LogP contribution >= 0.6 is 11.3 Å². The van der Waals surface area contributed by atoms with Crippen LogP contribution in [0.1, 0.15) is 56.9 Å². The number of benzene rings is 1. The number of hydrogen-bond donors (Lipinski definition) is 2. The fraction of sp³-hybridized carbons (Fsp3) is 0.478. The van der Waals surface area contributed by atoms with Crippen molar-refractivity contribution in [3.8, 4) is 0 Å². The molecule has 0 bridgehead atoms. The number of aromatic nitrogens is 1. The van der Waals surface area contributed by atoms with E-state index < -0.39 is 17.7 Å². The van der Waals surface area contributed by atoms with Crippen LogP contribution in [0.25, 0.3) is 0 Å². The summed E-state index contributed by atoms with van der Waals surface area (Å²) < 4.78 is 0. The van der Waals surface area contributed by atoms with Crippen molar-refractivity contribution in [3.63, 3.8) is 0 Å². The SMILES string of the molecule is O=C(CCC1CCCCC1)NC(CCc1ccccc1)C(=O)C(=O)Nc1nccs1. The van der Waals surface area contributed by atoms with Crippen molar-refractivity contribution in [1.82, 2.24) is 10.3 Å². The summed E-state index contributed by atoms with van der Waals surface area (Å²) >= 11 is 1.25. The molecule has 2 amide bonds.